The van der Waals surface area contributed by atoms with E-state index in [2.05, 4.69) is 29.5 Å². The topological polar surface area (TPSA) is 37.0 Å². The van der Waals surface area contributed by atoms with Crippen LogP contribution in [-0.2, 0) is 6.54 Å². The molecule has 0 atom stereocenters. The third-order valence-electron chi connectivity index (χ3n) is 1.97. The number of nitrogens with zero attached hydrogens (tertiary/aromatic N) is 1. The van der Waals surface area contributed by atoms with E-state index in [0.29, 0.717) is 6.04 Å². The van der Waals surface area contributed by atoms with Gasteiger partial charge >= 0.3 is 0 Å². The Hall–Kier alpha value is -1.00. The van der Waals surface area contributed by atoms with E-state index in [-0.39, 0.29) is 0 Å². The fourth-order valence-electron chi connectivity index (χ4n) is 1.19. The standard InChI is InChI=1S/C11H18FN3/c1-9(2)14-6-5-13-7-10-3-4-11(12)15-8-10/h3-4,8-9,13-14H,5-7H2,1-2H3. The van der Waals surface area contributed by atoms with E-state index in [4.69, 9.17) is 0 Å². The van der Waals surface area contributed by atoms with Crippen LogP contribution in [0, 0.1) is 5.95 Å². The molecule has 0 aliphatic carbocycles. The monoisotopic (exact) mass is 211 g/mol. The normalized spacial score (nSPS) is 10.9. The van der Waals surface area contributed by atoms with Crippen LogP contribution in [0.5, 0.6) is 0 Å². The summed E-state index contributed by atoms with van der Waals surface area (Å²) in [6.45, 7) is 6.79. The van der Waals surface area contributed by atoms with E-state index in [9.17, 15) is 4.39 Å². The van der Waals surface area contributed by atoms with Gasteiger partial charge in [-0.05, 0) is 11.6 Å². The van der Waals surface area contributed by atoms with E-state index in [1.807, 2.05) is 0 Å². The lowest BCUT2D eigenvalue weighted by atomic mass is 10.3. The lowest BCUT2D eigenvalue weighted by molar-refractivity contribution is 0.553. The summed E-state index contributed by atoms with van der Waals surface area (Å²) in [5, 5.41) is 6.55. The molecule has 4 heteroatoms. The molecule has 15 heavy (non-hydrogen) atoms. The molecular formula is C11H18FN3. The van der Waals surface area contributed by atoms with E-state index in [1.54, 1.807) is 12.3 Å². The molecule has 1 aromatic rings. The maximum absolute atomic E-state index is 12.5. The Balaban J connectivity index is 2.12. The van der Waals surface area contributed by atoms with Gasteiger partial charge in [-0.2, -0.15) is 4.39 Å². The van der Waals surface area contributed by atoms with Crippen LogP contribution in [0.1, 0.15) is 19.4 Å². The highest BCUT2D eigenvalue weighted by Gasteiger charge is 1.95. The van der Waals surface area contributed by atoms with Crippen molar-refractivity contribution in [3.63, 3.8) is 0 Å². The quantitative estimate of drug-likeness (QED) is 0.550. The zero-order chi connectivity index (χ0) is 11.1. The highest BCUT2D eigenvalue weighted by molar-refractivity contribution is 5.08. The molecule has 0 radical (unpaired) electrons. The summed E-state index contributed by atoms with van der Waals surface area (Å²) in [4.78, 5) is 3.58. The maximum Gasteiger partial charge on any atom is 0.212 e. The fraction of sp³-hybridized carbons (Fsp3) is 0.545. The molecule has 0 amide bonds. The summed E-state index contributed by atoms with van der Waals surface area (Å²) in [6, 6.07) is 3.63. The summed E-state index contributed by atoms with van der Waals surface area (Å²) in [7, 11) is 0. The minimum Gasteiger partial charge on any atom is -0.313 e. The maximum atomic E-state index is 12.5. The van der Waals surface area contributed by atoms with Gasteiger partial charge < -0.3 is 10.6 Å². The Labute approximate surface area is 90.1 Å². The smallest absolute Gasteiger partial charge is 0.212 e. The van der Waals surface area contributed by atoms with Crippen LogP contribution in [0.15, 0.2) is 18.3 Å². The van der Waals surface area contributed by atoms with Gasteiger partial charge in [0.2, 0.25) is 5.95 Å². The Morgan fingerprint density at radius 3 is 2.73 bits per heavy atom. The number of aromatic nitrogens is 1. The summed E-state index contributed by atoms with van der Waals surface area (Å²) in [5.74, 6) is -0.430. The second kappa shape index (κ2) is 6.48. The van der Waals surface area contributed by atoms with Gasteiger partial charge in [0.1, 0.15) is 0 Å². The van der Waals surface area contributed by atoms with Gasteiger partial charge in [-0.25, -0.2) is 4.98 Å². The molecule has 1 rings (SSSR count). The minimum atomic E-state index is -0.430. The largest absolute Gasteiger partial charge is 0.313 e. The van der Waals surface area contributed by atoms with Crippen LogP contribution in [-0.4, -0.2) is 24.1 Å². The Bertz CT molecular complexity index is 272. The zero-order valence-electron chi connectivity index (χ0n) is 9.26. The minimum absolute atomic E-state index is 0.430. The van der Waals surface area contributed by atoms with Crippen molar-refractivity contribution < 1.29 is 4.39 Å². The Morgan fingerprint density at radius 2 is 2.13 bits per heavy atom. The number of hydrogen-bond donors (Lipinski definition) is 2. The summed E-state index contributed by atoms with van der Waals surface area (Å²) in [6.07, 6.45) is 1.55. The predicted molar refractivity (Wildman–Crippen MR) is 59.0 cm³/mol. The van der Waals surface area contributed by atoms with E-state index < -0.39 is 5.95 Å². The van der Waals surface area contributed by atoms with Crippen LogP contribution >= 0.6 is 0 Å². The average Bonchev–Trinajstić information content (AvgIpc) is 2.20. The van der Waals surface area contributed by atoms with Crippen LogP contribution in [0.4, 0.5) is 4.39 Å². The molecule has 0 unspecified atom stereocenters. The molecule has 0 aliphatic rings. The predicted octanol–water partition coefficient (Wildman–Crippen LogP) is 1.31. The molecule has 0 saturated heterocycles. The van der Waals surface area contributed by atoms with Crippen molar-refractivity contribution in [2.24, 2.45) is 0 Å². The second-order valence-corrected chi connectivity index (χ2v) is 3.77. The molecule has 0 spiro atoms. The van der Waals surface area contributed by atoms with Crippen molar-refractivity contribution in [2.75, 3.05) is 13.1 Å². The number of pyridine rings is 1. The van der Waals surface area contributed by atoms with Crippen LogP contribution in [0.2, 0.25) is 0 Å². The highest BCUT2D eigenvalue weighted by Crippen LogP contribution is 1.97. The van der Waals surface area contributed by atoms with Crippen molar-refractivity contribution in [3.8, 4) is 0 Å². The van der Waals surface area contributed by atoms with Crippen molar-refractivity contribution in [2.45, 2.75) is 26.4 Å². The third kappa shape index (κ3) is 5.44. The highest BCUT2D eigenvalue weighted by atomic mass is 19.1. The SMILES string of the molecule is CC(C)NCCNCc1ccc(F)nc1. The van der Waals surface area contributed by atoms with Gasteiger partial charge in [0, 0.05) is 31.9 Å². The van der Waals surface area contributed by atoms with E-state index in [1.165, 1.54) is 6.07 Å². The number of hydrogen-bond acceptors (Lipinski definition) is 3. The summed E-state index contributed by atoms with van der Waals surface area (Å²) >= 11 is 0. The first-order valence-electron chi connectivity index (χ1n) is 5.23. The van der Waals surface area contributed by atoms with Gasteiger partial charge in [-0.1, -0.05) is 19.9 Å². The lowest BCUT2D eigenvalue weighted by Crippen LogP contribution is -2.31. The lowest BCUT2D eigenvalue weighted by Gasteiger charge is -2.08. The average molecular weight is 211 g/mol. The van der Waals surface area contributed by atoms with Gasteiger partial charge in [0.05, 0.1) is 0 Å². The molecule has 84 valence electrons. The molecule has 0 bridgehead atoms. The second-order valence-electron chi connectivity index (χ2n) is 3.77. The number of rotatable bonds is 6. The zero-order valence-corrected chi connectivity index (χ0v) is 9.26. The molecule has 0 aromatic carbocycles. The molecule has 2 N–H and O–H groups in total. The van der Waals surface area contributed by atoms with Gasteiger partial charge in [-0.15, -0.1) is 0 Å². The molecule has 0 saturated carbocycles. The summed E-state index contributed by atoms with van der Waals surface area (Å²) < 4.78 is 12.5. The van der Waals surface area contributed by atoms with Crippen molar-refractivity contribution >= 4 is 0 Å². The Kier molecular flexibility index (Phi) is 5.21. The molecule has 3 nitrogen and oxygen atoms in total. The van der Waals surface area contributed by atoms with Crippen molar-refractivity contribution in [1.29, 1.82) is 0 Å². The van der Waals surface area contributed by atoms with Crippen molar-refractivity contribution in [1.82, 2.24) is 15.6 Å². The van der Waals surface area contributed by atoms with Crippen LogP contribution < -0.4 is 10.6 Å². The van der Waals surface area contributed by atoms with Gasteiger partial charge in [-0.3, -0.25) is 0 Å². The van der Waals surface area contributed by atoms with E-state index in [0.717, 1.165) is 25.2 Å². The number of halogens is 1. The first-order chi connectivity index (χ1) is 7.18. The van der Waals surface area contributed by atoms with Gasteiger partial charge in [0.15, 0.2) is 0 Å². The fourth-order valence-corrected chi connectivity index (χ4v) is 1.19. The molecular weight excluding hydrogens is 193 g/mol. The first-order valence-corrected chi connectivity index (χ1v) is 5.23. The van der Waals surface area contributed by atoms with Crippen molar-refractivity contribution in [3.05, 3.63) is 29.8 Å². The van der Waals surface area contributed by atoms with E-state index >= 15 is 0 Å². The van der Waals surface area contributed by atoms with Crippen LogP contribution in [0.25, 0.3) is 0 Å². The number of nitrogens with one attached hydrogen (secondary N) is 2. The first kappa shape index (κ1) is 12.1. The summed E-state index contributed by atoms with van der Waals surface area (Å²) in [5.41, 5.74) is 1.00. The van der Waals surface area contributed by atoms with Crippen LogP contribution in [0.3, 0.4) is 0 Å². The van der Waals surface area contributed by atoms with Gasteiger partial charge in [0.25, 0.3) is 0 Å². The Morgan fingerprint density at radius 1 is 1.33 bits per heavy atom. The molecule has 1 heterocycles. The molecule has 1 aromatic heterocycles. The molecule has 0 fully saturated rings. The molecule has 0 aliphatic heterocycles. The third-order valence-corrected chi connectivity index (χ3v) is 1.97.